The first-order valence-corrected chi connectivity index (χ1v) is 7.69. The fraction of sp³-hybridized carbons (Fsp3) is 0.222. The first kappa shape index (κ1) is 14.5. The Hall–Kier alpha value is -3.07. The van der Waals surface area contributed by atoms with Crippen molar-refractivity contribution < 1.29 is 13.9 Å². The van der Waals surface area contributed by atoms with Crippen molar-refractivity contribution in [3.63, 3.8) is 0 Å². The van der Waals surface area contributed by atoms with Crippen LogP contribution in [0.15, 0.2) is 36.4 Å². The Balaban J connectivity index is 1.95. The fourth-order valence-electron chi connectivity index (χ4n) is 2.90. The average molecular weight is 323 g/mol. The van der Waals surface area contributed by atoms with E-state index in [0.717, 1.165) is 5.52 Å². The molecule has 1 aliphatic heterocycles. The molecule has 24 heavy (non-hydrogen) atoms. The number of hydrogen-bond donors (Lipinski definition) is 0. The van der Waals surface area contributed by atoms with Crippen molar-refractivity contribution in [1.29, 1.82) is 5.26 Å². The summed E-state index contributed by atoms with van der Waals surface area (Å²) in [7, 11) is 0. The Bertz CT molecular complexity index is 959. The van der Waals surface area contributed by atoms with Gasteiger partial charge in [-0.25, -0.2) is 9.37 Å². The molecule has 0 aliphatic carbocycles. The van der Waals surface area contributed by atoms with E-state index in [9.17, 15) is 4.39 Å². The van der Waals surface area contributed by atoms with Gasteiger partial charge in [-0.15, -0.1) is 0 Å². The SMILES string of the molecule is N#CCCn1c(-c2ccccc2F)nc2cc3c(cc21)OCCO3. The average Bonchev–Trinajstić information content (AvgIpc) is 2.95. The molecule has 120 valence electrons. The molecule has 0 spiro atoms. The number of ether oxygens (including phenoxy) is 2. The molecule has 3 aromatic rings. The van der Waals surface area contributed by atoms with E-state index < -0.39 is 0 Å². The molecule has 1 aliphatic rings. The van der Waals surface area contributed by atoms with Gasteiger partial charge < -0.3 is 14.0 Å². The van der Waals surface area contributed by atoms with Crippen molar-refractivity contribution in [2.24, 2.45) is 0 Å². The van der Waals surface area contributed by atoms with Crippen molar-refractivity contribution in [3.05, 3.63) is 42.2 Å². The maximum atomic E-state index is 14.2. The van der Waals surface area contributed by atoms with E-state index in [1.54, 1.807) is 24.3 Å². The molecular formula is C18H14FN3O2. The van der Waals surface area contributed by atoms with Crippen LogP contribution in [-0.2, 0) is 6.54 Å². The molecule has 0 N–H and O–H groups in total. The van der Waals surface area contributed by atoms with E-state index in [1.807, 2.05) is 10.6 Å². The van der Waals surface area contributed by atoms with Crippen LogP contribution in [0.1, 0.15) is 6.42 Å². The van der Waals surface area contributed by atoms with Gasteiger partial charge in [-0.1, -0.05) is 12.1 Å². The van der Waals surface area contributed by atoms with E-state index in [1.165, 1.54) is 6.07 Å². The third-order valence-electron chi connectivity index (χ3n) is 3.97. The summed E-state index contributed by atoms with van der Waals surface area (Å²) in [5.74, 6) is 1.44. The monoisotopic (exact) mass is 323 g/mol. The topological polar surface area (TPSA) is 60.1 Å². The van der Waals surface area contributed by atoms with Crippen LogP contribution in [0.2, 0.25) is 0 Å². The predicted molar refractivity (Wildman–Crippen MR) is 86.3 cm³/mol. The number of fused-ring (bicyclic) bond motifs is 2. The largest absolute Gasteiger partial charge is 0.486 e. The third kappa shape index (κ3) is 2.35. The Morgan fingerprint density at radius 2 is 1.92 bits per heavy atom. The zero-order valence-electron chi connectivity index (χ0n) is 12.8. The van der Waals surface area contributed by atoms with Crippen LogP contribution >= 0.6 is 0 Å². The number of halogens is 1. The molecule has 2 heterocycles. The van der Waals surface area contributed by atoms with E-state index in [-0.39, 0.29) is 5.82 Å². The van der Waals surface area contributed by atoms with E-state index in [0.29, 0.717) is 54.6 Å². The van der Waals surface area contributed by atoms with Gasteiger partial charge >= 0.3 is 0 Å². The van der Waals surface area contributed by atoms with Crippen LogP contribution in [0.5, 0.6) is 11.5 Å². The van der Waals surface area contributed by atoms with Crippen LogP contribution in [0.25, 0.3) is 22.4 Å². The first-order valence-electron chi connectivity index (χ1n) is 7.69. The van der Waals surface area contributed by atoms with E-state index in [4.69, 9.17) is 14.7 Å². The van der Waals surface area contributed by atoms with Crippen molar-refractivity contribution in [3.8, 4) is 29.0 Å². The van der Waals surface area contributed by atoms with Crippen LogP contribution < -0.4 is 9.47 Å². The Morgan fingerprint density at radius 1 is 1.17 bits per heavy atom. The lowest BCUT2D eigenvalue weighted by Gasteiger charge is -2.18. The van der Waals surface area contributed by atoms with Gasteiger partial charge in [-0.05, 0) is 12.1 Å². The van der Waals surface area contributed by atoms with Crippen molar-refractivity contribution in [1.82, 2.24) is 9.55 Å². The second kappa shape index (κ2) is 5.85. The standard InChI is InChI=1S/C18H14FN3O2/c19-13-5-2-1-4-12(13)18-21-14-10-16-17(24-9-8-23-16)11-15(14)22(18)7-3-6-20/h1-2,4-5,10-11H,3,7-9H2. The lowest BCUT2D eigenvalue weighted by molar-refractivity contribution is 0.172. The number of hydrogen-bond acceptors (Lipinski definition) is 4. The third-order valence-corrected chi connectivity index (χ3v) is 3.97. The Labute approximate surface area is 137 Å². The van der Waals surface area contributed by atoms with Crippen LogP contribution in [0.3, 0.4) is 0 Å². The highest BCUT2D eigenvalue weighted by Gasteiger charge is 2.20. The Kier molecular flexibility index (Phi) is 3.54. The number of aryl methyl sites for hydroxylation is 1. The lowest BCUT2D eigenvalue weighted by atomic mass is 10.2. The van der Waals surface area contributed by atoms with E-state index >= 15 is 0 Å². The lowest BCUT2D eigenvalue weighted by Crippen LogP contribution is -2.15. The van der Waals surface area contributed by atoms with Gasteiger partial charge in [0.15, 0.2) is 11.5 Å². The van der Waals surface area contributed by atoms with Crippen molar-refractivity contribution in [2.45, 2.75) is 13.0 Å². The van der Waals surface area contributed by atoms with Crippen LogP contribution in [0, 0.1) is 17.1 Å². The number of rotatable bonds is 3. The quantitative estimate of drug-likeness (QED) is 0.740. The summed E-state index contributed by atoms with van der Waals surface area (Å²) in [6.07, 6.45) is 0.307. The minimum absolute atomic E-state index is 0.307. The second-order valence-electron chi connectivity index (χ2n) is 5.46. The smallest absolute Gasteiger partial charge is 0.163 e. The summed E-state index contributed by atoms with van der Waals surface area (Å²) in [6, 6.07) is 12.3. The number of imidazole rings is 1. The van der Waals surface area contributed by atoms with Gasteiger partial charge in [0, 0.05) is 18.7 Å². The van der Waals surface area contributed by atoms with Gasteiger partial charge in [0.1, 0.15) is 24.9 Å². The predicted octanol–water partition coefficient (Wildman–Crippen LogP) is 3.53. The fourth-order valence-corrected chi connectivity index (χ4v) is 2.90. The molecule has 2 aromatic carbocycles. The van der Waals surface area contributed by atoms with E-state index in [2.05, 4.69) is 11.1 Å². The summed E-state index contributed by atoms with van der Waals surface area (Å²) >= 11 is 0. The minimum Gasteiger partial charge on any atom is -0.486 e. The van der Waals surface area contributed by atoms with Crippen LogP contribution in [-0.4, -0.2) is 22.8 Å². The highest BCUT2D eigenvalue weighted by Crippen LogP contribution is 2.36. The highest BCUT2D eigenvalue weighted by molar-refractivity contribution is 5.84. The molecule has 0 bridgehead atoms. The summed E-state index contributed by atoms with van der Waals surface area (Å²) in [5, 5.41) is 8.94. The summed E-state index contributed by atoms with van der Waals surface area (Å²) in [4.78, 5) is 4.58. The summed E-state index contributed by atoms with van der Waals surface area (Å²) in [6.45, 7) is 1.41. The molecule has 0 atom stereocenters. The number of nitrogens with zero attached hydrogens (tertiary/aromatic N) is 3. The maximum absolute atomic E-state index is 14.2. The molecule has 6 heteroatoms. The molecule has 0 fully saturated rings. The Morgan fingerprint density at radius 3 is 2.67 bits per heavy atom. The molecule has 1 aromatic heterocycles. The molecular weight excluding hydrogens is 309 g/mol. The molecule has 0 saturated heterocycles. The minimum atomic E-state index is -0.344. The number of nitriles is 1. The van der Waals surface area contributed by atoms with Crippen LogP contribution in [0.4, 0.5) is 4.39 Å². The molecule has 0 saturated carbocycles. The van der Waals surface area contributed by atoms with Crippen molar-refractivity contribution in [2.75, 3.05) is 13.2 Å². The second-order valence-corrected chi connectivity index (χ2v) is 5.46. The van der Waals surface area contributed by atoms with Crippen molar-refractivity contribution >= 4 is 11.0 Å². The van der Waals surface area contributed by atoms with Gasteiger partial charge in [0.25, 0.3) is 0 Å². The number of aromatic nitrogens is 2. The zero-order valence-corrected chi connectivity index (χ0v) is 12.8. The first-order chi connectivity index (χ1) is 11.8. The van der Waals surface area contributed by atoms with Gasteiger partial charge in [-0.3, -0.25) is 0 Å². The van der Waals surface area contributed by atoms with Gasteiger partial charge in [0.05, 0.1) is 29.1 Å². The van der Waals surface area contributed by atoms with Gasteiger partial charge in [0.2, 0.25) is 0 Å². The maximum Gasteiger partial charge on any atom is 0.163 e. The molecule has 5 nitrogen and oxygen atoms in total. The molecule has 0 amide bonds. The number of benzene rings is 2. The molecule has 0 unspecified atom stereocenters. The molecule has 4 rings (SSSR count). The summed E-state index contributed by atoms with van der Waals surface area (Å²) < 4.78 is 27.3. The highest BCUT2D eigenvalue weighted by atomic mass is 19.1. The zero-order chi connectivity index (χ0) is 16.5. The normalized spacial score (nSPS) is 13.0. The molecule has 0 radical (unpaired) electrons. The summed E-state index contributed by atoms with van der Waals surface area (Å²) in [5.41, 5.74) is 1.90. The van der Waals surface area contributed by atoms with Gasteiger partial charge in [-0.2, -0.15) is 5.26 Å².